The molecule has 3 aromatic rings. The molecule has 0 atom stereocenters. The van der Waals surface area contributed by atoms with Gasteiger partial charge in [0.2, 0.25) is 0 Å². The Morgan fingerprint density at radius 3 is 2.91 bits per heavy atom. The average molecular weight is 345 g/mol. The average Bonchev–Trinajstić information content (AvgIpc) is 2.55. The number of halogens is 2. The third-order valence-electron chi connectivity index (χ3n) is 3.95. The molecular formula is C18H14Cl2N2O. The van der Waals surface area contributed by atoms with Crippen molar-refractivity contribution in [3.63, 3.8) is 0 Å². The molecule has 0 bridgehead atoms. The van der Waals surface area contributed by atoms with Gasteiger partial charge in [-0.05, 0) is 35.9 Å². The maximum Gasteiger partial charge on any atom is 0.152 e. The molecule has 2 aromatic carbocycles. The molecule has 0 aliphatic carbocycles. The summed E-state index contributed by atoms with van der Waals surface area (Å²) in [6.07, 6.45) is 1.76. The largest absolute Gasteiger partial charge is 0.475 e. The van der Waals surface area contributed by atoms with Gasteiger partial charge >= 0.3 is 0 Å². The molecule has 0 amide bonds. The molecule has 0 fully saturated rings. The minimum absolute atomic E-state index is 0.521. The number of aromatic nitrogens is 1. The third kappa shape index (κ3) is 2.88. The smallest absolute Gasteiger partial charge is 0.152 e. The monoisotopic (exact) mass is 344 g/mol. The molecule has 0 saturated carbocycles. The van der Waals surface area contributed by atoms with Gasteiger partial charge in [-0.1, -0.05) is 35.3 Å². The fraction of sp³-hybridized carbons (Fsp3) is 0.167. The van der Waals surface area contributed by atoms with Crippen LogP contribution >= 0.6 is 23.2 Å². The van der Waals surface area contributed by atoms with Crippen molar-refractivity contribution in [3.8, 4) is 5.75 Å². The summed E-state index contributed by atoms with van der Waals surface area (Å²) in [6, 6.07) is 13.7. The highest BCUT2D eigenvalue weighted by Gasteiger charge is 2.21. The lowest BCUT2D eigenvalue weighted by atomic mass is 10.1. The van der Waals surface area contributed by atoms with E-state index in [4.69, 9.17) is 27.9 Å². The van der Waals surface area contributed by atoms with E-state index in [1.54, 1.807) is 6.20 Å². The SMILES string of the molecule is Clc1cccc(CN2COc3c(cc(Cl)c4cccnc34)C2)c1. The molecular weight excluding hydrogens is 331 g/mol. The number of hydrogen-bond donors (Lipinski definition) is 0. The standard InChI is InChI=1S/C18H14Cl2N2O/c19-14-4-1-3-12(7-14)9-22-10-13-8-16(20)15-5-2-6-21-17(15)18(13)23-11-22/h1-8H,9-11H2. The summed E-state index contributed by atoms with van der Waals surface area (Å²) in [7, 11) is 0. The van der Waals surface area contributed by atoms with E-state index < -0.39 is 0 Å². The topological polar surface area (TPSA) is 25.4 Å². The van der Waals surface area contributed by atoms with Crippen LogP contribution in [0.1, 0.15) is 11.1 Å². The van der Waals surface area contributed by atoms with Crippen LogP contribution in [0.4, 0.5) is 0 Å². The van der Waals surface area contributed by atoms with Gasteiger partial charge in [-0.15, -0.1) is 0 Å². The van der Waals surface area contributed by atoms with Gasteiger partial charge in [-0.25, -0.2) is 0 Å². The highest BCUT2D eigenvalue weighted by atomic mass is 35.5. The normalized spacial score (nSPS) is 14.5. The molecule has 1 aromatic heterocycles. The van der Waals surface area contributed by atoms with Crippen LogP contribution in [0.3, 0.4) is 0 Å². The van der Waals surface area contributed by atoms with E-state index in [0.29, 0.717) is 11.8 Å². The Labute approximate surface area is 144 Å². The van der Waals surface area contributed by atoms with E-state index in [1.807, 2.05) is 36.4 Å². The minimum atomic E-state index is 0.521. The van der Waals surface area contributed by atoms with E-state index in [-0.39, 0.29) is 0 Å². The summed E-state index contributed by atoms with van der Waals surface area (Å²) < 4.78 is 5.98. The summed E-state index contributed by atoms with van der Waals surface area (Å²) in [4.78, 5) is 6.64. The molecule has 1 aliphatic heterocycles. The number of pyridine rings is 1. The first-order chi connectivity index (χ1) is 11.2. The Kier molecular flexibility index (Phi) is 3.85. The second-order valence-electron chi connectivity index (χ2n) is 5.64. The molecule has 116 valence electrons. The van der Waals surface area contributed by atoms with Crippen molar-refractivity contribution >= 4 is 34.1 Å². The number of fused-ring (bicyclic) bond motifs is 3. The fourth-order valence-corrected chi connectivity index (χ4v) is 3.44. The minimum Gasteiger partial charge on any atom is -0.475 e. The van der Waals surface area contributed by atoms with Gasteiger partial charge in [0.15, 0.2) is 5.75 Å². The molecule has 0 saturated heterocycles. The molecule has 5 heteroatoms. The van der Waals surface area contributed by atoms with Crippen LogP contribution in [0.5, 0.6) is 5.75 Å². The van der Waals surface area contributed by atoms with Gasteiger partial charge in [-0.3, -0.25) is 9.88 Å². The second-order valence-corrected chi connectivity index (χ2v) is 6.48. The summed E-state index contributed by atoms with van der Waals surface area (Å²) >= 11 is 12.4. The number of hydrogen-bond acceptors (Lipinski definition) is 3. The van der Waals surface area contributed by atoms with Crippen LogP contribution in [-0.2, 0) is 13.1 Å². The quantitative estimate of drug-likeness (QED) is 0.661. The summed E-state index contributed by atoms with van der Waals surface area (Å²) in [5, 5.41) is 2.38. The Morgan fingerprint density at radius 1 is 1.13 bits per heavy atom. The molecule has 2 heterocycles. The molecule has 0 N–H and O–H groups in total. The Bertz CT molecular complexity index is 882. The van der Waals surface area contributed by atoms with Crippen LogP contribution in [-0.4, -0.2) is 16.6 Å². The van der Waals surface area contributed by atoms with Gasteiger partial charge in [0.25, 0.3) is 0 Å². The van der Waals surface area contributed by atoms with Gasteiger partial charge in [0.05, 0.1) is 5.02 Å². The number of benzene rings is 2. The maximum atomic E-state index is 6.39. The zero-order valence-corrected chi connectivity index (χ0v) is 13.8. The van der Waals surface area contributed by atoms with Crippen LogP contribution in [0.25, 0.3) is 10.9 Å². The molecule has 23 heavy (non-hydrogen) atoms. The van der Waals surface area contributed by atoms with Crippen LogP contribution in [0.15, 0.2) is 48.7 Å². The Hall–Kier alpha value is -1.81. The Morgan fingerprint density at radius 2 is 2.04 bits per heavy atom. The molecule has 0 radical (unpaired) electrons. The lowest BCUT2D eigenvalue weighted by molar-refractivity contribution is 0.0902. The van der Waals surface area contributed by atoms with Crippen molar-refractivity contribution in [1.82, 2.24) is 9.88 Å². The number of ether oxygens (including phenoxy) is 1. The molecule has 3 nitrogen and oxygen atoms in total. The second kappa shape index (κ2) is 6.00. The first kappa shape index (κ1) is 14.8. The van der Waals surface area contributed by atoms with E-state index in [2.05, 4.69) is 16.0 Å². The zero-order chi connectivity index (χ0) is 15.8. The van der Waals surface area contributed by atoms with E-state index in [1.165, 1.54) is 0 Å². The summed E-state index contributed by atoms with van der Waals surface area (Å²) in [5.74, 6) is 0.840. The van der Waals surface area contributed by atoms with Gasteiger partial charge < -0.3 is 4.74 Å². The zero-order valence-electron chi connectivity index (χ0n) is 12.3. The number of rotatable bonds is 2. The van der Waals surface area contributed by atoms with Crippen molar-refractivity contribution in [3.05, 3.63) is 69.8 Å². The third-order valence-corrected chi connectivity index (χ3v) is 4.50. The summed E-state index contributed by atoms with van der Waals surface area (Å²) in [6.45, 7) is 2.07. The highest BCUT2D eigenvalue weighted by Crippen LogP contribution is 2.36. The van der Waals surface area contributed by atoms with Crippen molar-refractivity contribution < 1.29 is 4.74 Å². The highest BCUT2D eigenvalue weighted by molar-refractivity contribution is 6.35. The number of nitrogens with zero attached hydrogens (tertiary/aromatic N) is 2. The van der Waals surface area contributed by atoms with Crippen LogP contribution < -0.4 is 4.74 Å². The van der Waals surface area contributed by atoms with Crippen molar-refractivity contribution in [2.24, 2.45) is 0 Å². The van der Waals surface area contributed by atoms with E-state index in [0.717, 1.165) is 45.9 Å². The molecule has 0 spiro atoms. The molecule has 0 unspecified atom stereocenters. The van der Waals surface area contributed by atoms with Crippen molar-refractivity contribution in [2.45, 2.75) is 13.1 Å². The summed E-state index contributed by atoms with van der Waals surface area (Å²) in [5.41, 5.74) is 3.06. The maximum absolute atomic E-state index is 6.39. The molecule has 4 rings (SSSR count). The van der Waals surface area contributed by atoms with E-state index >= 15 is 0 Å². The van der Waals surface area contributed by atoms with Gasteiger partial charge in [-0.2, -0.15) is 0 Å². The Balaban J connectivity index is 1.65. The van der Waals surface area contributed by atoms with Crippen molar-refractivity contribution in [2.75, 3.05) is 6.73 Å². The molecule has 1 aliphatic rings. The predicted molar refractivity (Wildman–Crippen MR) is 92.9 cm³/mol. The van der Waals surface area contributed by atoms with Crippen molar-refractivity contribution in [1.29, 1.82) is 0 Å². The fourth-order valence-electron chi connectivity index (χ4n) is 2.94. The van der Waals surface area contributed by atoms with Gasteiger partial charge in [0.1, 0.15) is 12.2 Å². The van der Waals surface area contributed by atoms with Gasteiger partial charge in [0, 0.05) is 35.3 Å². The lowest BCUT2D eigenvalue weighted by Crippen LogP contribution is -2.31. The first-order valence-electron chi connectivity index (χ1n) is 7.36. The predicted octanol–water partition coefficient (Wildman–Crippen LogP) is 4.89. The van der Waals surface area contributed by atoms with Crippen LogP contribution in [0.2, 0.25) is 10.0 Å². The van der Waals surface area contributed by atoms with E-state index in [9.17, 15) is 0 Å². The van der Waals surface area contributed by atoms with Crippen LogP contribution in [0, 0.1) is 0 Å². The first-order valence-corrected chi connectivity index (χ1v) is 8.12. The lowest BCUT2D eigenvalue weighted by Gasteiger charge is -2.29.